The lowest BCUT2D eigenvalue weighted by atomic mass is 10.0. The van der Waals surface area contributed by atoms with E-state index in [0.29, 0.717) is 16.3 Å². The Morgan fingerprint density at radius 3 is 2.38 bits per heavy atom. The number of hydrogen-bond acceptors (Lipinski definition) is 4. The van der Waals surface area contributed by atoms with Crippen LogP contribution in [0.4, 0.5) is 5.69 Å². The molecule has 0 spiro atoms. The lowest BCUT2D eigenvalue weighted by Gasteiger charge is -2.18. The first-order chi connectivity index (χ1) is 12.4. The van der Waals surface area contributed by atoms with Crippen molar-refractivity contribution in [2.45, 2.75) is 19.4 Å². The molecule has 0 fully saturated rings. The molecule has 1 unspecified atom stereocenters. The quantitative estimate of drug-likeness (QED) is 0.759. The van der Waals surface area contributed by atoms with Gasteiger partial charge in [0.25, 0.3) is 0 Å². The molecular formula is C19H19ClN2O4. The van der Waals surface area contributed by atoms with Crippen LogP contribution in [0.25, 0.3) is 0 Å². The molecule has 0 radical (unpaired) electrons. The summed E-state index contributed by atoms with van der Waals surface area (Å²) in [5, 5.41) is 6.02. The van der Waals surface area contributed by atoms with E-state index in [0.717, 1.165) is 5.56 Å². The first-order valence-electron chi connectivity index (χ1n) is 7.90. The topological polar surface area (TPSA) is 84.5 Å². The van der Waals surface area contributed by atoms with Gasteiger partial charge in [-0.2, -0.15) is 0 Å². The van der Waals surface area contributed by atoms with Crippen LogP contribution in [0.1, 0.15) is 35.3 Å². The van der Waals surface area contributed by atoms with Crippen LogP contribution in [-0.2, 0) is 14.3 Å². The maximum Gasteiger partial charge on any atom is 0.337 e. The van der Waals surface area contributed by atoms with E-state index in [1.54, 1.807) is 48.5 Å². The van der Waals surface area contributed by atoms with E-state index in [2.05, 4.69) is 15.4 Å². The molecule has 0 heterocycles. The van der Waals surface area contributed by atoms with Crippen molar-refractivity contribution in [1.29, 1.82) is 0 Å². The molecule has 0 aliphatic rings. The molecule has 0 aliphatic carbocycles. The van der Waals surface area contributed by atoms with E-state index in [9.17, 15) is 14.4 Å². The molecule has 0 saturated heterocycles. The minimum absolute atomic E-state index is 0.0404. The predicted molar refractivity (Wildman–Crippen MR) is 99.0 cm³/mol. The van der Waals surface area contributed by atoms with Crippen LogP contribution in [-0.4, -0.2) is 24.9 Å². The van der Waals surface area contributed by atoms with Crippen LogP contribution in [0.2, 0.25) is 5.02 Å². The first kappa shape index (κ1) is 19.5. The Labute approximate surface area is 156 Å². The molecule has 136 valence electrons. The van der Waals surface area contributed by atoms with Crippen molar-refractivity contribution in [2.24, 2.45) is 0 Å². The fraction of sp³-hybridized carbons (Fsp3) is 0.211. The molecule has 0 aromatic heterocycles. The van der Waals surface area contributed by atoms with Gasteiger partial charge in [-0.1, -0.05) is 23.7 Å². The van der Waals surface area contributed by atoms with Crippen LogP contribution in [0, 0.1) is 0 Å². The van der Waals surface area contributed by atoms with Crippen molar-refractivity contribution in [3.8, 4) is 0 Å². The minimum atomic E-state index is -0.499. The summed E-state index contributed by atoms with van der Waals surface area (Å²) in [4.78, 5) is 35.2. The Hall–Kier alpha value is -2.86. The summed E-state index contributed by atoms with van der Waals surface area (Å²) in [7, 11) is 1.30. The lowest BCUT2D eigenvalue weighted by Crippen LogP contribution is -2.29. The maximum absolute atomic E-state index is 12.4. The van der Waals surface area contributed by atoms with Gasteiger partial charge in [0.15, 0.2) is 0 Å². The number of hydrogen-bond donors (Lipinski definition) is 2. The Balaban J connectivity index is 2.07. The number of amides is 2. The number of benzene rings is 2. The van der Waals surface area contributed by atoms with Gasteiger partial charge in [0.2, 0.25) is 11.8 Å². The largest absolute Gasteiger partial charge is 0.465 e. The van der Waals surface area contributed by atoms with Crippen LogP contribution >= 0.6 is 11.6 Å². The highest BCUT2D eigenvalue weighted by atomic mass is 35.5. The molecular weight excluding hydrogens is 356 g/mol. The van der Waals surface area contributed by atoms with E-state index < -0.39 is 12.0 Å². The third-order valence-corrected chi connectivity index (χ3v) is 3.84. The van der Waals surface area contributed by atoms with Gasteiger partial charge in [-0.25, -0.2) is 4.79 Å². The van der Waals surface area contributed by atoms with Gasteiger partial charge in [0, 0.05) is 17.6 Å². The van der Waals surface area contributed by atoms with Gasteiger partial charge in [-0.05, 0) is 42.0 Å². The number of ether oxygens (including phenoxy) is 1. The average molecular weight is 375 g/mol. The van der Waals surface area contributed by atoms with Gasteiger partial charge < -0.3 is 15.4 Å². The number of carbonyl (C=O) groups excluding carboxylic acids is 3. The molecule has 26 heavy (non-hydrogen) atoms. The van der Waals surface area contributed by atoms with Gasteiger partial charge >= 0.3 is 5.97 Å². The average Bonchev–Trinajstić information content (AvgIpc) is 2.60. The summed E-state index contributed by atoms with van der Waals surface area (Å²) in [5.41, 5.74) is 1.67. The number of rotatable bonds is 6. The van der Waals surface area contributed by atoms with E-state index in [4.69, 9.17) is 11.6 Å². The highest BCUT2D eigenvalue weighted by Crippen LogP contribution is 2.21. The normalized spacial score (nSPS) is 11.3. The highest BCUT2D eigenvalue weighted by Gasteiger charge is 2.18. The van der Waals surface area contributed by atoms with Crippen molar-refractivity contribution >= 4 is 35.1 Å². The number of halogens is 1. The minimum Gasteiger partial charge on any atom is -0.465 e. The fourth-order valence-electron chi connectivity index (χ4n) is 2.43. The monoisotopic (exact) mass is 374 g/mol. The second kappa shape index (κ2) is 9.01. The number of methoxy groups -OCH3 is 1. The van der Waals surface area contributed by atoms with E-state index in [-0.39, 0.29) is 18.2 Å². The highest BCUT2D eigenvalue weighted by molar-refractivity contribution is 6.30. The summed E-state index contributed by atoms with van der Waals surface area (Å²) in [5.74, 6) is -0.977. The maximum atomic E-state index is 12.4. The van der Waals surface area contributed by atoms with Gasteiger partial charge in [0.1, 0.15) is 0 Å². The number of esters is 1. The third-order valence-electron chi connectivity index (χ3n) is 3.61. The second-order valence-corrected chi connectivity index (χ2v) is 6.07. The van der Waals surface area contributed by atoms with E-state index in [1.165, 1.54) is 14.0 Å². The van der Waals surface area contributed by atoms with Gasteiger partial charge in [-0.15, -0.1) is 0 Å². The Kier molecular flexibility index (Phi) is 6.74. The molecule has 6 nitrogen and oxygen atoms in total. The molecule has 2 aromatic carbocycles. The Morgan fingerprint density at radius 2 is 1.81 bits per heavy atom. The van der Waals surface area contributed by atoms with Crippen molar-refractivity contribution < 1.29 is 19.1 Å². The van der Waals surface area contributed by atoms with Gasteiger partial charge in [0.05, 0.1) is 25.1 Å². The molecule has 1 atom stereocenters. The Morgan fingerprint density at radius 1 is 1.12 bits per heavy atom. The molecule has 7 heteroatoms. The zero-order valence-corrected chi connectivity index (χ0v) is 15.2. The summed E-state index contributed by atoms with van der Waals surface area (Å²) in [6, 6.07) is 12.8. The summed E-state index contributed by atoms with van der Waals surface area (Å²) < 4.78 is 4.63. The van der Waals surface area contributed by atoms with Crippen molar-refractivity contribution in [3.05, 3.63) is 64.7 Å². The van der Waals surface area contributed by atoms with Crippen LogP contribution in [0.3, 0.4) is 0 Å². The zero-order chi connectivity index (χ0) is 19.1. The summed E-state index contributed by atoms with van der Waals surface area (Å²) >= 11 is 5.99. The molecule has 2 N–H and O–H groups in total. The SMILES string of the molecule is COC(=O)c1ccc(NC(=O)CC(NC(C)=O)c2cccc(Cl)c2)cc1. The molecule has 0 saturated carbocycles. The number of nitrogens with one attached hydrogen (secondary N) is 2. The van der Waals surface area contributed by atoms with Crippen molar-refractivity contribution in [1.82, 2.24) is 5.32 Å². The van der Waals surface area contributed by atoms with Gasteiger partial charge in [-0.3, -0.25) is 9.59 Å². The molecule has 2 amide bonds. The van der Waals surface area contributed by atoms with Crippen molar-refractivity contribution in [2.75, 3.05) is 12.4 Å². The standard InChI is InChI=1S/C19H19ClN2O4/c1-12(23)21-17(14-4-3-5-15(20)10-14)11-18(24)22-16-8-6-13(7-9-16)19(25)26-2/h3-10,17H,11H2,1-2H3,(H,21,23)(H,22,24). The summed E-state index contributed by atoms with van der Waals surface area (Å²) in [6.45, 7) is 1.39. The Bertz CT molecular complexity index is 805. The van der Waals surface area contributed by atoms with E-state index >= 15 is 0 Å². The van der Waals surface area contributed by atoms with Crippen LogP contribution < -0.4 is 10.6 Å². The smallest absolute Gasteiger partial charge is 0.337 e. The molecule has 0 bridgehead atoms. The first-order valence-corrected chi connectivity index (χ1v) is 8.27. The zero-order valence-electron chi connectivity index (χ0n) is 14.4. The second-order valence-electron chi connectivity index (χ2n) is 5.63. The lowest BCUT2D eigenvalue weighted by molar-refractivity contribution is -0.120. The number of anilines is 1. The number of carbonyl (C=O) groups is 3. The third kappa shape index (κ3) is 5.60. The fourth-order valence-corrected chi connectivity index (χ4v) is 2.62. The predicted octanol–water partition coefficient (Wildman–Crippen LogP) is 3.33. The van der Waals surface area contributed by atoms with Crippen LogP contribution in [0.15, 0.2) is 48.5 Å². The summed E-state index contributed by atoms with van der Waals surface area (Å²) in [6.07, 6.45) is 0.0404. The van der Waals surface area contributed by atoms with Crippen LogP contribution in [0.5, 0.6) is 0 Å². The van der Waals surface area contributed by atoms with E-state index in [1.807, 2.05) is 0 Å². The molecule has 0 aliphatic heterocycles. The molecule has 2 rings (SSSR count). The van der Waals surface area contributed by atoms with Crippen molar-refractivity contribution in [3.63, 3.8) is 0 Å². The molecule has 2 aromatic rings.